The van der Waals surface area contributed by atoms with Gasteiger partial charge in [-0.1, -0.05) is 26.7 Å². The maximum absolute atomic E-state index is 12.4. The van der Waals surface area contributed by atoms with Crippen molar-refractivity contribution in [2.24, 2.45) is 11.7 Å². The number of ether oxygens (including phenoxy) is 1. The number of nitrogens with zero attached hydrogens (tertiary/aromatic N) is 5. The van der Waals surface area contributed by atoms with Crippen molar-refractivity contribution >= 4 is 53.8 Å². The Hall–Kier alpha value is -2.04. The van der Waals surface area contributed by atoms with Gasteiger partial charge in [0.1, 0.15) is 0 Å². The van der Waals surface area contributed by atoms with Gasteiger partial charge in [0.25, 0.3) is 0 Å². The van der Waals surface area contributed by atoms with Crippen molar-refractivity contribution in [1.82, 2.24) is 24.4 Å². The van der Waals surface area contributed by atoms with Crippen LogP contribution in [0.15, 0.2) is 6.33 Å². The lowest BCUT2D eigenvalue weighted by atomic mass is 9.92. The first-order chi connectivity index (χ1) is 17.5. The van der Waals surface area contributed by atoms with Gasteiger partial charge in [0, 0.05) is 37.3 Å². The summed E-state index contributed by atoms with van der Waals surface area (Å²) in [6.07, 6.45) is 12.4. The number of halogens is 2. The van der Waals surface area contributed by atoms with E-state index in [-0.39, 0.29) is 36.9 Å². The van der Waals surface area contributed by atoms with Crippen LogP contribution in [0.1, 0.15) is 84.1 Å². The summed E-state index contributed by atoms with van der Waals surface area (Å²) in [6.45, 7) is 5.90. The molecule has 3 fully saturated rings. The Labute approximate surface area is 238 Å². The molecular formula is C26H44Cl2N8O2. The van der Waals surface area contributed by atoms with E-state index in [1.54, 1.807) is 0 Å². The van der Waals surface area contributed by atoms with E-state index in [9.17, 15) is 4.79 Å². The van der Waals surface area contributed by atoms with E-state index in [4.69, 9.17) is 25.4 Å². The highest BCUT2D eigenvalue weighted by atomic mass is 35.5. The summed E-state index contributed by atoms with van der Waals surface area (Å²) in [4.78, 5) is 28.8. The van der Waals surface area contributed by atoms with E-state index in [2.05, 4.69) is 15.2 Å². The zero-order valence-corrected chi connectivity index (χ0v) is 24.2. The number of nitrogens with one attached hydrogen (secondary N) is 2. The first-order valence-corrected chi connectivity index (χ1v) is 13.9. The molecule has 2 aromatic heterocycles. The molecule has 0 unspecified atom stereocenters. The van der Waals surface area contributed by atoms with Crippen LogP contribution in [0.25, 0.3) is 11.2 Å². The second-order valence-electron chi connectivity index (χ2n) is 11.3. The van der Waals surface area contributed by atoms with Gasteiger partial charge in [-0.2, -0.15) is 9.97 Å². The summed E-state index contributed by atoms with van der Waals surface area (Å²) >= 11 is 0. The molecule has 0 atom stereocenters. The smallest absolute Gasteiger partial charge is 0.409 e. The Morgan fingerprint density at radius 2 is 1.66 bits per heavy atom. The molecule has 38 heavy (non-hydrogen) atoms. The van der Waals surface area contributed by atoms with Gasteiger partial charge in [0.15, 0.2) is 17.0 Å². The van der Waals surface area contributed by atoms with Crippen LogP contribution < -0.4 is 16.4 Å². The summed E-state index contributed by atoms with van der Waals surface area (Å²) in [5, 5.41) is 7.25. The van der Waals surface area contributed by atoms with E-state index >= 15 is 0 Å². The molecule has 1 aliphatic heterocycles. The van der Waals surface area contributed by atoms with Crippen LogP contribution in [0.4, 0.5) is 16.6 Å². The molecule has 0 radical (unpaired) electrons. The van der Waals surface area contributed by atoms with Crippen molar-refractivity contribution in [3.8, 4) is 0 Å². The number of likely N-dealkylation sites (tertiary alicyclic amines) is 1. The Morgan fingerprint density at radius 3 is 2.32 bits per heavy atom. The highest BCUT2D eigenvalue weighted by Gasteiger charge is 2.27. The molecule has 0 spiro atoms. The monoisotopic (exact) mass is 570 g/mol. The lowest BCUT2D eigenvalue weighted by Gasteiger charge is -2.32. The average molecular weight is 572 g/mol. The molecule has 12 heteroatoms. The van der Waals surface area contributed by atoms with Gasteiger partial charge >= 0.3 is 6.09 Å². The third kappa shape index (κ3) is 7.33. The Kier molecular flexibility index (Phi) is 11.1. The maximum Gasteiger partial charge on any atom is 0.409 e. The van der Waals surface area contributed by atoms with E-state index in [1.165, 1.54) is 25.7 Å². The van der Waals surface area contributed by atoms with Crippen LogP contribution >= 0.6 is 24.8 Å². The highest BCUT2D eigenvalue weighted by molar-refractivity contribution is 5.86. The predicted molar refractivity (Wildman–Crippen MR) is 156 cm³/mol. The van der Waals surface area contributed by atoms with Gasteiger partial charge in [0.05, 0.1) is 12.9 Å². The second-order valence-corrected chi connectivity index (χ2v) is 11.3. The van der Waals surface area contributed by atoms with E-state index in [1.807, 2.05) is 25.1 Å². The molecule has 214 valence electrons. The molecular weight excluding hydrogens is 527 g/mol. The van der Waals surface area contributed by atoms with Crippen LogP contribution in [-0.4, -0.2) is 68.3 Å². The van der Waals surface area contributed by atoms with Crippen LogP contribution in [-0.2, 0) is 4.74 Å². The third-order valence-corrected chi connectivity index (χ3v) is 7.88. The van der Waals surface area contributed by atoms with Crippen molar-refractivity contribution in [3.63, 3.8) is 0 Å². The van der Waals surface area contributed by atoms with Crippen LogP contribution in [0.5, 0.6) is 0 Å². The van der Waals surface area contributed by atoms with E-state index in [0.717, 1.165) is 55.5 Å². The van der Waals surface area contributed by atoms with Gasteiger partial charge in [0.2, 0.25) is 5.95 Å². The highest BCUT2D eigenvalue weighted by Crippen LogP contribution is 2.34. The Balaban J connectivity index is 0.00000200. The molecule has 2 saturated carbocycles. The Morgan fingerprint density at radius 1 is 1.00 bits per heavy atom. The molecule has 2 aliphatic carbocycles. The van der Waals surface area contributed by atoms with Gasteiger partial charge in [-0.05, 0) is 57.3 Å². The SMILES string of the molecule is CC(C)COC(=O)N1CCC(Nc2nc(N[C@H]3CC[C@H](N)CC3)nc3c2ncn3C2CCCC2)CC1.Cl.Cl. The summed E-state index contributed by atoms with van der Waals surface area (Å²) in [7, 11) is 0. The number of carbonyl (C=O) groups is 1. The van der Waals surface area contributed by atoms with Crippen molar-refractivity contribution in [2.45, 2.75) is 102 Å². The standard InChI is InChI=1S/C26H42N8O2.2ClH/c1-17(2)15-36-26(35)33-13-11-20(12-14-33)29-23-22-24(34(16-28-22)21-5-3-4-6-21)32-25(31-23)30-19-9-7-18(27)8-10-19;;/h16-21H,3-15,27H2,1-2H3,(H2,29,30,31,32);2*1H/t18-,19-;;. The van der Waals surface area contributed by atoms with Gasteiger partial charge in [-0.15, -0.1) is 24.8 Å². The number of nitrogens with two attached hydrogens (primary N) is 1. The molecule has 4 N–H and O–H groups in total. The number of hydrogen-bond acceptors (Lipinski definition) is 8. The number of imidazole rings is 1. The van der Waals surface area contributed by atoms with E-state index in [0.29, 0.717) is 49.7 Å². The summed E-state index contributed by atoms with van der Waals surface area (Å²) in [6, 6.07) is 1.33. The Bertz CT molecular complexity index is 1030. The molecule has 10 nitrogen and oxygen atoms in total. The predicted octanol–water partition coefficient (Wildman–Crippen LogP) is 5.14. The number of fused-ring (bicyclic) bond motifs is 1. The molecule has 1 amide bonds. The third-order valence-electron chi connectivity index (χ3n) is 7.88. The summed E-state index contributed by atoms with van der Waals surface area (Å²) in [5.41, 5.74) is 7.85. The van der Waals surface area contributed by atoms with Crippen molar-refractivity contribution in [2.75, 3.05) is 30.3 Å². The van der Waals surface area contributed by atoms with Gasteiger partial charge < -0.3 is 30.6 Å². The lowest BCUT2D eigenvalue weighted by Crippen LogP contribution is -2.43. The maximum atomic E-state index is 12.4. The second kappa shape index (κ2) is 13.8. The molecule has 0 aromatic carbocycles. The molecule has 3 heterocycles. The summed E-state index contributed by atoms with van der Waals surface area (Å²) in [5.74, 6) is 1.79. The number of anilines is 2. The number of piperidine rings is 1. The zero-order valence-electron chi connectivity index (χ0n) is 22.6. The fourth-order valence-electron chi connectivity index (χ4n) is 5.71. The molecule has 1 saturated heterocycles. The zero-order chi connectivity index (χ0) is 25.1. The number of amides is 1. The first kappa shape index (κ1) is 30.5. The summed E-state index contributed by atoms with van der Waals surface area (Å²) < 4.78 is 7.67. The molecule has 3 aliphatic rings. The minimum atomic E-state index is -0.208. The molecule has 2 aromatic rings. The first-order valence-electron chi connectivity index (χ1n) is 13.9. The van der Waals surface area contributed by atoms with Crippen molar-refractivity contribution < 1.29 is 9.53 Å². The van der Waals surface area contributed by atoms with Gasteiger partial charge in [-0.3, -0.25) is 0 Å². The fraction of sp³-hybridized carbons (Fsp3) is 0.769. The number of hydrogen-bond donors (Lipinski definition) is 3. The van der Waals surface area contributed by atoms with Crippen LogP contribution in [0.3, 0.4) is 0 Å². The minimum absolute atomic E-state index is 0. The largest absolute Gasteiger partial charge is 0.449 e. The normalized spacial score (nSPS) is 22.7. The number of carbonyl (C=O) groups excluding carboxylic acids is 1. The fourth-order valence-corrected chi connectivity index (χ4v) is 5.71. The van der Waals surface area contributed by atoms with E-state index < -0.39 is 0 Å². The topological polar surface area (TPSA) is 123 Å². The van der Waals surface area contributed by atoms with Crippen molar-refractivity contribution in [3.05, 3.63) is 6.33 Å². The average Bonchev–Trinajstić information content (AvgIpc) is 3.54. The number of aromatic nitrogens is 4. The lowest BCUT2D eigenvalue weighted by molar-refractivity contribution is 0.0845. The van der Waals surface area contributed by atoms with Crippen LogP contribution in [0.2, 0.25) is 0 Å². The van der Waals surface area contributed by atoms with Crippen LogP contribution in [0, 0.1) is 5.92 Å². The molecule has 5 rings (SSSR count). The molecule has 0 bridgehead atoms. The quantitative estimate of drug-likeness (QED) is 0.418. The van der Waals surface area contributed by atoms with Gasteiger partial charge in [-0.25, -0.2) is 9.78 Å². The van der Waals surface area contributed by atoms with Crippen molar-refractivity contribution in [1.29, 1.82) is 0 Å². The minimum Gasteiger partial charge on any atom is -0.449 e. The number of rotatable bonds is 7.